The molecule has 0 bridgehead atoms. The van der Waals surface area contributed by atoms with Gasteiger partial charge in [-0.15, -0.1) is 17.9 Å². The Kier molecular flexibility index (Phi) is 6.92. The molecule has 174 valence electrons. The molecule has 0 atom stereocenters. The predicted molar refractivity (Wildman–Crippen MR) is 146 cm³/mol. The zero-order valence-corrected chi connectivity index (χ0v) is 21.3. The van der Waals surface area contributed by atoms with Crippen molar-refractivity contribution in [3.05, 3.63) is 99.4 Å². The molecular weight excluding hydrogens is 521 g/mol. The lowest BCUT2D eigenvalue weighted by Gasteiger charge is -2.11. The van der Waals surface area contributed by atoms with Crippen LogP contribution in [0.2, 0.25) is 10.0 Å². The Morgan fingerprint density at radius 3 is 2.66 bits per heavy atom. The van der Waals surface area contributed by atoms with E-state index in [0.717, 1.165) is 16.8 Å². The fourth-order valence-electron chi connectivity index (χ4n) is 3.38. The Morgan fingerprint density at radius 1 is 1.06 bits per heavy atom. The first-order valence-electron chi connectivity index (χ1n) is 10.5. The largest absolute Gasteiger partial charge is 0.457 e. The van der Waals surface area contributed by atoms with Crippen LogP contribution in [0.15, 0.2) is 93.0 Å². The highest BCUT2D eigenvalue weighted by molar-refractivity contribution is 8.18. The molecule has 3 heterocycles. The molecule has 2 aromatic heterocycles. The Labute approximate surface area is 220 Å². The summed E-state index contributed by atoms with van der Waals surface area (Å²) in [5.41, 5.74) is 2.66. The maximum atomic E-state index is 13.1. The van der Waals surface area contributed by atoms with E-state index in [4.69, 9.17) is 27.6 Å². The number of amides is 1. The van der Waals surface area contributed by atoms with Crippen LogP contribution in [-0.4, -0.2) is 27.5 Å². The van der Waals surface area contributed by atoms with Crippen LogP contribution >= 0.6 is 46.3 Å². The van der Waals surface area contributed by atoms with Gasteiger partial charge in [0, 0.05) is 29.1 Å². The number of aromatic nitrogens is 1. The van der Waals surface area contributed by atoms with Gasteiger partial charge in [0.2, 0.25) is 5.13 Å². The van der Waals surface area contributed by atoms with Crippen molar-refractivity contribution < 1.29 is 9.21 Å². The van der Waals surface area contributed by atoms with E-state index in [1.807, 2.05) is 47.8 Å². The third kappa shape index (κ3) is 5.13. The maximum Gasteiger partial charge on any atom is 0.267 e. The monoisotopic (exact) mass is 537 g/mol. The molecule has 1 fully saturated rings. The average Bonchev–Trinajstić information content (AvgIpc) is 3.59. The highest BCUT2D eigenvalue weighted by atomic mass is 35.5. The summed E-state index contributed by atoms with van der Waals surface area (Å²) < 4.78 is 5.94. The predicted octanol–water partition coefficient (Wildman–Crippen LogP) is 8.17. The zero-order valence-electron chi connectivity index (χ0n) is 18.2. The lowest BCUT2D eigenvalue weighted by Crippen LogP contribution is -2.29. The molecule has 0 saturated carbocycles. The van der Waals surface area contributed by atoms with Crippen molar-refractivity contribution in [3.8, 4) is 22.6 Å². The van der Waals surface area contributed by atoms with Gasteiger partial charge < -0.3 is 4.42 Å². The molecule has 2 aromatic carbocycles. The second-order valence-electron chi connectivity index (χ2n) is 7.42. The number of thioether (sulfide) groups is 1. The van der Waals surface area contributed by atoms with E-state index < -0.39 is 0 Å². The number of hydrogen-bond acceptors (Lipinski definition) is 6. The molecule has 0 radical (unpaired) electrons. The Morgan fingerprint density at radius 2 is 1.89 bits per heavy atom. The van der Waals surface area contributed by atoms with Crippen molar-refractivity contribution in [1.82, 2.24) is 9.88 Å². The first-order chi connectivity index (χ1) is 17.0. The minimum Gasteiger partial charge on any atom is -0.457 e. The average molecular weight is 538 g/mol. The summed E-state index contributed by atoms with van der Waals surface area (Å²) in [5, 5.41) is 4.00. The van der Waals surface area contributed by atoms with Crippen molar-refractivity contribution in [2.24, 2.45) is 4.99 Å². The number of carbonyl (C=O) groups excluding carboxylic acids is 1. The number of thiazole rings is 1. The molecule has 1 aliphatic heterocycles. The maximum absolute atomic E-state index is 13.1. The van der Waals surface area contributed by atoms with Crippen LogP contribution in [0.5, 0.6) is 0 Å². The summed E-state index contributed by atoms with van der Waals surface area (Å²) in [6.07, 6.45) is 3.38. The van der Waals surface area contributed by atoms with Gasteiger partial charge in [-0.25, -0.2) is 4.98 Å². The molecule has 9 heteroatoms. The van der Waals surface area contributed by atoms with Crippen LogP contribution in [0.3, 0.4) is 0 Å². The molecule has 4 aromatic rings. The molecule has 0 spiro atoms. The summed E-state index contributed by atoms with van der Waals surface area (Å²) in [4.78, 5) is 24.5. The molecule has 0 aliphatic carbocycles. The van der Waals surface area contributed by atoms with Crippen LogP contribution in [0.1, 0.15) is 5.76 Å². The number of halogens is 2. The third-order valence-corrected chi connectivity index (χ3v) is 7.54. The van der Waals surface area contributed by atoms with Crippen LogP contribution in [0.4, 0.5) is 5.13 Å². The van der Waals surface area contributed by atoms with Gasteiger partial charge >= 0.3 is 0 Å². The molecule has 35 heavy (non-hydrogen) atoms. The van der Waals surface area contributed by atoms with Gasteiger partial charge in [0.25, 0.3) is 5.91 Å². The number of amidine groups is 1. The second-order valence-corrected chi connectivity index (χ2v) is 10.1. The van der Waals surface area contributed by atoms with Gasteiger partial charge in [0.1, 0.15) is 11.5 Å². The van der Waals surface area contributed by atoms with E-state index in [-0.39, 0.29) is 5.91 Å². The second kappa shape index (κ2) is 10.3. The van der Waals surface area contributed by atoms with Gasteiger partial charge in [-0.1, -0.05) is 59.6 Å². The number of aliphatic imine (C=N–C) groups is 1. The van der Waals surface area contributed by atoms with Gasteiger partial charge in [-0.2, -0.15) is 4.99 Å². The van der Waals surface area contributed by atoms with E-state index in [9.17, 15) is 4.79 Å². The molecule has 1 amide bonds. The van der Waals surface area contributed by atoms with Crippen molar-refractivity contribution in [2.45, 2.75) is 0 Å². The summed E-state index contributed by atoms with van der Waals surface area (Å²) in [6, 6.07) is 18.8. The van der Waals surface area contributed by atoms with Crippen LogP contribution in [-0.2, 0) is 4.79 Å². The lowest BCUT2D eigenvalue weighted by atomic mass is 10.2. The Bertz CT molecular complexity index is 1470. The summed E-state index contributed by atoms with van der Waals surface area (Å²) >= 11 is 14.8. The van der Waals surface area contributed by atoms with E-state index >= 15 is 0 Å². The van der Waals surface area contributed by atoms with Gasteiger partial charge in [0.15, 0.2) is 5.17 Å². The highest BCUT2D eigenvalue weighted by Crippen LogP contribution is 2.37. The molecule has 5 nitrogen and oxygen atoms in total. The minimum absolute atomic E-state index is 0.166. The Balaban J connectivity index is 1.41. The van der Waals surface area contributed by atoms with Gasteiger partial charge in [0.05, 0.1) is 20.6 Å². The fourth-order valence-corrected chi connectivity index (χ4v) is 5.41. The first-order valence-corrected chi connectivity index (χ1v) is 12.9. The van der Waals surface area contributed by atoms with E-state index in [1.165, 1.54) is 23.1 Å². The van der Waals surface area contributed by atoms with E-state index in [0.29, 0.717) is 43.3 Å². The minimum atomic E-state index is -0.166. The number of rotatable bonds is 6. The number of furan rings is 1. The third-order valence-electron chi connectivity index (χ3n) is 5.06. The summed E-state index contributed by atoms with van der Waals surface area (Å²) in [7, 11) is 0. The van der Waals surface area contributed by atoms with Crippen molar-refractivity contribution in [3.63, 3.8) is 0 Å². The fraction of sp³-hybridized carbons (Fsp3) is 0.0385. The number of benzene rings is 2. The van der Waals surface area contributed by atoms with Crippen LogP contribution in [0, 0.1) is 0 Å². The smallest absolute Gasteiger partial charge is 0.267 e. The molecule has 1 saturated heterocycles. The van der Waals surface area contributed by atoms with Gasteiger partial charge in [-0.3, -0.25) is 9.69 Å². The van der Waals surface area contributed by atoms with Gasteiger partial charge in [-0.05, 0) is 42.1 Å². The normalized spacial score (nSPS) is 15.9. The molecular formula is C26H17Cl2N3O2S2. The molecule has 1 aliphatic rings. The number of nitrogens with zero attached hydrogens (tertiary/aromatic N) is 3. The number of carbonyl (C=O) groups is 1. The number of hydrogen-bond donors (Lipinski definition) is 0. The lowest BCUT2D eigenvalue weighted by molar-refractivity contribution is -0.121. The van der Waals surface area contributed by atoms with E-state index in [1.54, 1.807) is 35.3 Å². The molecule has 0 N–H and O–H groups in total. The first kappa shape index (κ1) is 23.6. The molecule has 5 rings (SSSR count). The van der Waals surface area contributed by atoms with Crippen LogP contribution in [0.25, 0.3) is 28.7 Å². The van der Waals surface area contributed by atoms with Crippen molar-refractivity contribution in [1.29, 1.82) is 0 Å². The SMILES string of the molecule is C=CCN1C(=O)/C(=C\c2ccc(-c3ccc(Cl)c(Cl)c3)o2)S/C1=N/c1nc(-c2ccccc2)cs1. The van der Waals surface area contributed by atoms with E-state index in [2.05, 4.69) is 16.6 Å². The molecule has 0 unspecified atom stereocenters. The zero-order chi connectivity index (χ0) is 24.4. The van der Waals surface area contributed by atoms with Crippen molar-refractivity contribution >= 4 is 68.6 Å². The van der Waals surface area contributed by atoms with Crippen LogP contribution < -0.4 is 0 Å². The topological polar surface area (TPSA) is 58.7 Å². The summed E-state index contributed by atoms with van der Waals surface area (Å²) in [6.45, 7) is 4.11. The summed E-state index contributed by atoms with van der Waals surface area (Å²) in [5.74, 6) is 1.00. The Hall–Kier alpha value is -3.10. The standard InChI is InChI=1S/C26H17Cl2N3O2S2/c1-2-12-31-24(32)23(14-18-9-11-22(33-18)17-8-10-19(27)20(28)13-17)35-26(31)30-25-29-21(15-34-25)16-6-4-3-5-7-16/h2-11,13-15H,1,12H2/b23-14+,30-26+. The highest BCUT2D eigenvalue weighted by Gasteiger charge is 2.33. The quantitative estimate of drug-likeness (QED) is 0.184. The van der Waals surface area contributed by atoms with Crippen molar-refractivity contribution in [2.75, 3.05) is 6.54 Å².